The van der Waals surface area contributed by atoms with Gasteiger partial charge >= 0.3 is 0 Å². The zero-order valence-corrected chi connectivity index (χ0v) is 12.6. The molecule has 1 fully saturated rings. The molecule has 0 bridgehead atoms. The molecule has 0 spiro atoms. The Balaban J connectivity index is 1.94. The van der Waals surface area contributed by atoms with E-state index in [1.807, 2.05) is 0 Å². The molecule has 2 amide bonds. The van der Waals surface area contributed by atoms with Crippen molar-refractivity contribution in [3.05, 3.63) is 35.3 Å². The number of hydrogen-bond donors (Lipinski definition) is 0. The molecule has 0 saturated carbocycles. The van der Waals surface area contributed by atoms with Gasteiger partial charge < -0.3 is 14.2 Å². The number of amides is 2. The van der Waals surface area contributed by atoms with E-state index in [2.05, 4.69) is 6.58 Å². The van der Waals surface area contributed by atoms with E-state index in [0.717, 1.165) is 16.7 Å². The predicted molar refractivity (Wildman–Crippen MR) is 82.0 cm³/mol. The van der Waals surface area contributed by atoms with Crippen molar-refractivity contribution in [2.45, 2.75) is 0 Å². The summed E-state index contributed by atoms with van der Waals surface area (Å²) in [5.74, 6) is 1.29. The Kier molecular flexibility index (Phi) is 3.81. The van der Waals surface area contributed by atoms with E-state index in [4.69, 9.17) is 14.2 Å². The third kappa shape index (κ3) is 2.43. The van der Waals surface area contributed by atoms with E-state index < -0.39 is 0 Å². The van der Waals surface area contributed by atoms with Gasteiger partial charge in [0.15, 0.2) is 11.5 Å². The van der Waals surface area contributed by atoms with Crippen LogP contribution in [0.15, 0.2) is 29.7 Å². The molecule has 22 heavy (non-hydrogen) atoms. The molecule has 1 saturated heterocycles. The maximum Gasteiger partial charge on any atom is 0.293 e. The molecule has 7 heteroatoms. The van der Waals surface area contributed by atoms with Gasteiger partial charge in [0.25, 0.3) is 11.1 Å². The van der Waals surface area contributed by atoms with Crippen molar-refractivity contribution in [3.8, 4) is 17.2 Å². The van der Waals surface area contributed by atoms with Crippen LogP contribution in [0, 0.1) is 0 Å². The van der Waals surface area contributed by atoms with Gasteiger partial charge in [0.05, 0.1) is 12.0 Å². The fourth-order valence-electron chi connectivity index (χ4n) is 2.17. The van der Waals surface area contributed by atoms with Crippen molar-refractivity contribution >= 4 is 29.0 Å². The molecule has 114 valence electrons. The molecule has 0 aliphatic carbocycles. The van der Waals surface area contributed by atoms with Gasteiger partial charge in [-0.2, -0.15) is 0 Å². The van der Waals surface area contributed by atoms with Crippen molar-refractivity contribution in [2.75, 3.05) is 20.4 Å². The molecular formula is C15H13NO5S. The molecule has 2 heterocycles. The van der Waals surface area contributed by atoms with Crippen LogP contribution in [0.2, 0.25) is 0 Å². The molecule has 1 aromatic carbocycles. The summed E-state index contributed by atoms with van der Waals surface area (Å²) >= 11 is 0.901. The SMILES string of the molecule is C=CCN1C(=O)S/C(=C/c2cc(OC)c3c(c2)OCO3)C1=O. The number of nitrogens with zero attached hydrogens (tertiary/aromatic N) is 1. The van der Waals surface area contributed by atoms with E-state index in [0.29, 0.717) is 27.7 Å². The summed E-state index contributed by atoms with van der Waals surface area (Å²) in [6, 6.07) is 3.47. The molecule has 2 aliphatic heterocycles. The number of carbonyl (C=O) groups is 2. The second-order valence-corrected chi connectivity index (χ2v) is 5.53. The maximum atomic E-state index is 12.2. The third-order valence-corrected chi connectivity index (χ3v) is 4.07. The Morgan fingerprint density at radius 2 is 2.23 bits per heavy atom. The highest BCUT2D eigenvalue weighted by atomic mass is 32.2. The Morgan fingerprint density at radius 1 is 1.41 bits per heavy atom. The second kappa shape index (κ2) is 5.76. The largest absolute Gasteiger partial charge is 0.493 e. The molecular weight excluding hydrogens is 306 g/mol. The quantitative estimate of drug-likeness (QED) is 0.628. The van der Waals surface area contributed by atoms with Gasteiger partial charge in [-0.05, 0) is 35.5 Å². The van der Waals surface area contributed by atoms with E-state index in [9.17, 15) is 9.59 Å². The Labute approximate surface area is 131 Å². The normalized spacial score (nSPS) is 18.2. The fourth-order valence-corrected chi connectivity index (χ4v) is 3.02. The zero-order valence-electron chi connectivity index (χ0n) is 11.8. The monoisotopic (exact) mass is 319 g/mol. The Hall–Kier alpha value is -2.41. The van der Waals surface area contributed by atoms with Crippen LogP contribution in [-0.4, -0.2) is 36.5 Å². The molecule has 0 aromatic heterocycles. The predicted octanol–water partition coefficient (Wildman–Crippen LogP) is 2.65. The average Bonchev–Trinajstić information content (AvgIpc) is 3.07. The Morgan fingerprint density at radius 3 is 2.95 bits per heavy atom. The summed E-state index contributed by atoms with van der Waals surface area (Å²) in [5.41, 5.74) is 0.699. The summed E-state index contributed by atoms with van der Waals surface area (Å²) in [6.07, 6.45) is 3.15. The van der Waals surface area contributed by atoms with Crippen LogP contribution in [0.25, 0.3) is 6.08 Å². The van der Waals surface area contributed by atoms with Gasteiger partial charge in [0.2, 0.25) is 12.5 Å². The van der Waals surface area contributed by atoms with Gasteiger partial charge in [-0.3, -0.25) is 14.5 Å². The van der Waals surface area contributed by atoms with Crippen molar-refractivity contribution in [2.24, 2.45) is 0 Å². The third-order valence-electron chi connectivity index (χ3n) is 3.16. The van der Waals surface area contributed by atoms with Crippen LogP contribution in [0.5, 0.6) is 17.2 Å². The molecule has 2 aliphatic rings. The number of rotatable bonds is 4. The lowest BCUT2D eigenvalue weighted by Crippen LogP contribution is -2.27. The van der Waals surface area contributed by atoms with Crippen molar-refractivity contribution in [1.29, 1.82) is 0 Å². The van der Waals surface area contributed by atoms with Gasteiger partial charge in [0.1, 0.15) is 0 Å². The minimum absolute atomic E-state index is 0.130. The van der Waals surface area contributed by atoms with Crippen molar-refractivity contribution in [3.63, 3.8) is 0 Å². The summed E-state index contributed by atoms with van der Waals surface area (Å²) < 4.78 is 15.9. The van der Waals surface area contributed by atoms with Gasteiger partial charge in [-0.25, -0.2) is 0 Å². The molecule has 1 aromatic rings. The lowest BCUT2D eigenvalue weighted by molar-refractivity contribution is -0.122. The average molecular weight is 319 g/mol. The van der Waals surface area contributed by atoms with Crippen LogP contribution >= 0.6 is 11.8 Å². The van der Waals surface area contributed by atoms with Crippen molar-refractivity contribution in [1.82, 2.24) is 4.90 Å². The summed E-state index contributed by atoms with van der Waals surface area (Å²) in [4.78, 5) is 25.5. The van der Waals surface area contributed by atoms with Crippen LogP contribution in [-0.2, 0) is 4.79 Å². The van der Waals surface area contributed by atoms with Gasteiger partial charge in [-0.1, -0.05) is 6.08 Å². The Bertz CT molecular complexity index is 697. The number of carbonyl (C=O) groups excluding carboxylic acids is 2. The number of thioether (sulfide) groups is 1. The lowest BCUT2D eigenvalue weighted by Gasteiger charge is -2.08. The minimum atomic E-state index is -0.327. The first kappa shape index (κ1) is 14.5. The molecule has 0 N–H and O–H groups in total. The number of benzene rings is 1. The number of hydrogen-bond acceptors (Lipinski definition) is 6. The molecule has 0 atom stereocenters. The van der Waals surface area contributed by atoms with E-state index in [1.54, 1.807) is 18.2 Å². The first-order valence-corrected chi connectivity index (χ1v) is 7.29. The van der Waals surface area contributed by atoms with Crippen LogP contribution in [0.3, 0.4) is 0 Å². The minimum Gasteiger partial charge on any atom is -0.493 e. The van der Waals surface area contributed by atoms with Gasteiger partial charge in [-0.15, -0.1) is 6.58 Å². The highest BCUT2D eigenvalue weighted by molar-refractivity contribution is 8.18. The number of ether oxygens (including phenoxy) is 3. The molecule has 6 nitrogen and oxygen atoms in total. The number of fused-ring (bicyclic) bond motifs is 1. The van der Waals surface area contributed by atoms with Crippen LogP contribution < -0.4 is 14.2 Å². The highest BCUT2D eigenvalue weighted by Gasteiger charge is 2.34. The second-order valence-electron chi connectivity index (χ2n) is 4.54. The van der Waals surface area contributed by atoms with E-state index >= 15 is 0 Å². The smallest absolute Gasteiger partial charge is 0.293 e. The van der Waals surface area contributed by atoms with Crippen molar-refractivity contribution < 1.29 is 23.8 Å². The first-order chi connectivity index (χ1) is 10.6. The summed E-state index contributed by atoms with van der Waals surface area (Å²) in [7, 11) is 1.53. The lowest BCUT2D eigenvalue weighted by atomic mass is 10.1. The van der Waals surface area contributed by atoms with Crippen LogP contribution in [0.1, 0.15) is 5.56 Å². The summed E-state index contributed by atoms with van der Waals surface area (Å²) in [5, 5.41) is -0.302. The first-order valence-electron chi connectivity index (χ1n) is 6.48. The zero-order chi connectivity index (χ0) is 15.7. The van der Waals surface area contributed by atoms with Gasteiger partial charge in [0, 0.05) is 6.54 Å². The number of methoxy groups -OCH3 is 1. The maximum absolute atomic E-state index is 12.2. The fraction of sp³-hybridized carbons (Fsp3) is 0.200. The summed E-state index contributed by atoms with van der Waals surface area (Å²) in [6.45, 7) is 3.87. The molecule has 3 rings (SSSR count). The standard InChI is InChI=1S/C15H13NO5S/c1-3-4-16-14(17)12(22-15(16)18)7-9-5-10(19-2)13-11(6-9)20-8-21-13/h3,5-7H,1,4,8H2,2H3/b12-7+. The van der Waals surface area contributed by atoms with E-state index in [-0.39, 0.29) is 24.5 Å². The molecule has 0 radical (unpaired) electrons. The highest BCUT2D eigenvalue weighted by Crippen LogP contribution is 2.43. The number of imide groups is 1. The topological polar surface area (TPSA) is 65.1 Å². The van der Waals surface area contributed by atoms with Crippen LogP contribution in [0.4, 0.5) is 4.79 Å². The van der Waals surface area contributed by atoms with E-state index in [1.165, 1.54) is 13.2 Å². The molecule has 0 unspecified atom stereocenters.